The number of rotatable bonds is 12. The van der Waals surface area contributed by atoms with Crippen molar-refractivity contribution in [2.75, 3.05) is 6.61 Å². The van der Waals surface area contributed by atoms with Gasteiger partial charge in [-0.15, -0.1) is 0 Å². The van der Waals surface area contributed by atoms with Crippen LogP contribution in [0.1, 0.15) is 68.9 Å². The lowest BCUT2D eigenvalue weighted by molar-refractivity contribution is -0.142. The SMILES string of the molecule is CCCC[C@@H](CC(=O)N[C@@H](CC1CC1)C(=O)O)NC(=O)OCC1c2ccccc2-c2ccccc21. The predicted octanol–water partition coefficient (Wildman–Crippen LogP) is 4.84. The Hall–Kier alpha value is -3.35. The molecule has 0 radical (unpaired) electrons. The maximum atomic E-state index is 12.7. The molecule has 1 fully saturated rings. The predicted molar refractivity (Wildman–Crippen MR) is 133 cm³/mol. The summed E-state index contributed by atoms with van der Waals surface area (Å²) in [5.41, 5.74) is 4.60. The van der Waals surface area contributed by atoms with Gasteiger partial charge >= 0.3 is 12.1 Å². The summed E-state index contributed by atoms with van der Waals surface area (Å²) < 4.78 is 5.64. The second-order valence-electron chi connectivity index (χ2n) is 9.65. The number of carboxylic acids is 1. The van der Waals surface area contributed by atoms with Crippen LogP contribution in [0, 0.1) is 5.92 Å². The summed E-state index contributed by atoms with van der Waals surface area (Å²) in [6.45, 7) is 2.25. The third kappa shape index (κ3) is 6.41. The number of carboxylic acid groups (broad SMARTS) is 1. The van der Waals surface area contributed by atoms with Gasteiger partial charge in [0.2, 0.25) is 5.91 Å². The average molecular weight is 479 g/mol. The van der Waals surface area contributed by atoms with E-state index in [-0.39, 0.29) is 24.9 Å². The normalized spacial score (nSPS) is 16.0. The molecule has 1 saturated carbocycles. The number of nitrogens with one attached hydrogen (secondary N) is 2. The maximum absolute atomic E-state index is 12.7. The number of hydrogen-bond acceptors (Lipinski definition) is 4. The number of unbranched alkanes of at least 4 members (excludes halogenated alkanes) is 1. The van der Waals surface area contributed by atoms with Gasteiger partial charge in [-0.1, -0.05) is 81.1 Å². The molecule has 2 aromatic rings. The highest BCUT2D eigenvalue weighted by atomic mass is 16.5. The van der Waals surface area contributed by atoms with Gasteiger partial charge in [-0.25, -0.2) is 9.59 Å². The first-order chi connectivity index (χ1) is 17.0. The fourth-order valence-corrected chi connectivity index (χ4v) is 4.87. The highest BCUT2D eigenvalue weighted by Gasteiger charge is 2.31. The number of alkyl carbamates (subject to hydrolysis) is 1. The lowest BCUT2D eigenvalue weighted by Gasteiger charge is -2.21. The zero-order valence-corrected chi connectivity index (χ0v) is 20.2. The van der Waals surface area contributed by atoms with Crippen LogP contribution in [0.2, 0.25) is 0 Å². The highest BCUT2D eigenvalue weighted by molar-refractivity contribution is 5.84. The molecule has 35 heavy (non-hydrogen) atoms. The Labute approximate surface area is 206 Å². The Balaban J connectivity index is 1.34. The molecule has 0 heterocycles. The zero-order valence-electron chi connectivity index (χ0n) is 20.2. The number of hydrogen-bond donors (Lipinski definition) is 3. The van der Waals surface area contributed by atoms with Crippen LogP contribution in [-0.2, 0) is 14.3 Å². The average Bonchev–Trinajstić information content (AvgIpc) is 3.61. The van der Waals surface area contributed by atoms with Crippen LogP contribution in [0.4, 0.5) is 4.79 Å². The lowest BCUT2D eigenvalue weighted by Crippen LogP contribution is -2.45. The minimum atomic E-state index is -1.01. The summed E-state index contributed by atoms with van der Waals surface area (Å²) in [6, 6.07) is 15.0. The fourth-order valence-electron chi connectivity index (χ4n) is 4.87. The molecule has 7 heteroatoms. The largest absolute Gasteiger partial charge is 0.480 e. The minimum Gasteiger partial charge on any atom is -0.480 e. The van der Waals surface area contributed by atoms with Crippen molar-refractivity contribution in [3.8, 4) is 11.1 Å². The van der Waals surface area contributed by atoms with E-state index in [4.69, 9.17) is 4.74 Å². The molecular weight excluding hydrogens is 444 g/mol. The Morgan fingerprint density at radius 1 is 1.00 bits per heavy atom. The highest BCUT2D eigenvalue weighted by Crippen LogP contribution is 2.44. The van der Waals surface area contributed by atoms with E-state index >= 15 is 0 Å². The van der Waals surface area contributed by atoms with Crippen molar-refractivity contribution in [3.05, 3.63) is 59.7 Å². The first kappa shape index (κ1) is 24.8. The monoisotopic (exact) mass is 478 g/mol. The van der Waals surface area contributed by atoms with Crippen molar-refractivity contribution in [1.82, 2.24) is 10.6 Å². The molecule has 7 nitrogen and oxygen atoms in total. The van der Waals surface area contributed by atoms with Crippen molar-refractivity contribution in [2.24, 2.45) is 5.92 Å². The van der Waals surface area contributed by atoms with Crippen LogP contribution in [-0.4, -0.2) is 41.8 Å². The Kier molecular flexibility index (Phi) is 8.06. The van der Waals surface area contributed by atoms with Crippen molar-refractivity contribution in [1.29, 1.82) is 0 Å². The van der Waals surface area contributed by atoms with Crippen LogP contribution in [0.3, 0.4) is 0 Å². The summed E-state index contributed by atoms with van der Waals surface area (Å²) in [4.78, 5) is 36.8. The Bertz CT molecular complexity index is 1020. The molecule has 3 N–H and O–H groups in total. The number of benzene rings is 2. The number of fused-ring (bicyclic) bond motifs is 3. The van der Waals surface area contributed by atoms with E-state index in [0.29, 0.717) is 18.8 Å². The van der Waals surface area contributed by atoms with Crippen LogP contribution < -0.4 is 10.6 Å². The van der Waals surface area contributed by atoms with E-state index < -0.39 is 24.1 Å². The number of ether oxygens (including phenoxy) is 1. The molecule has 0 aromatic heterocycles. The molecule has 0 unspecified atom stereocenters. The first-order valence-electron chi connectivity index (χ1n) is 12.6. The molecule has 2 amide bonds. The van der Waals surface area contributed by atoms with Crippen LogP contribution in [0.15, 0.2) is 48.5 Å². The van der Waals surface area contributed by atoms with Crippen LogP contribution in [0.5, 0.6) is 0 Å². The topological polar surface area (TPSA) is 105 Å². The fraction of sp³-hybridized carbons (Fsp3) is 0.464. The van der Waals surface area contributed by atoms with E-state index in [2.05, 4.69) is 34.9 Å². The van der Waals surface area contributed by atoms with Gasteiger partial charge in [-0.05, 0) is 41.0 Å². The van der Waals surface area contributed by atoms with Gasteiger partial charge in [0.15, 0.2) is 0 Å². The summed E-state index contributed by atoms with van der Waals surface area (Å²) in [5.74, 6) is -1.03. The summed E-state index contributed by atoms with van der Waals surface area (Å²) in [6.07, 6.45) is 4.34. The molecular formula is C28H34N2O5. The van der Waals surface area contributed by atoms with Gasteiger partial charge in [0.05, 0.1) is 0 Å². The van der Waals surface area contributed by atoms with E-state index in [1.807, 2.05) is 31.2 Å². The molecule has 186 valence electrons. The minimum absolute atomic E-state index is 0.0264. The lowest BCUT2D eigenvalue weighted by atomic mass is 9.98. The molecule has 0 aliphatic heterocycles. The van der Waals surface area contributed by atoms with Gasteiger partial charge in [-0.3, -0.25) is 4.79 Å². The van der Waals surface area contributed by atoms with Gasteiger partial charge in [0.25, 0.3) is 0 Å². The summed E-state index contributed by atoms with van der Waals surface area (Å²) in [5, 5.41) is 14.9. The zero-order chi connectivity index (χ0) is 24.8. The molecule has 2 aromatic carbocycles. The standard InChI is InChI=1S/C28H34N2O5/c1-2-3-8-19(16-26(31)30-25(27(32)33)15-18-13-14-18)29-28(34)35-17-24-22-11-6-4-9-20(22)21-10-5-7-12-23(21)24/h4-7,9-12,18-19,24-25H,2-3,8,13-17H2,1H3,(H,29,34)(H,30,31)(H,32,33)/t19-,25-/m0/s1. The third-order valence-corrected chi connectivity index (χ3v) is 6.90. The van der Waals surface area contributed by atoms with E-state index in [0.717, 1.165) is 47.9 Å². The van der Waals surface area contributed by atoms with Gasteiger partial charge in [-0.2, -0.15) is 0 Å². The second-order valence-corrected chi connectivity index (χ2v) is 9.65. The molecule has 2 aliphatic carbocycles. The molecule has 4 rings (SSSR count). The van der Waals surface area contributed by atoms with E-state index in [1.165, 1.54) is 0 Å². The molecule has 2 aliphatic rings. The van der Waals surface area contributed by atoms with Gasteiger partial charge in [0.1, 0.15) is 12.6 Å². The smallest absolute Gasteiger partial charge is 0.407 e. The second kappa shape index (κ2) is 11.4. The van der Waals surface area contributed by atoms with Crippen molar-refractivity contribution >= 4 is 18.0 Å². The number of carbonyl (C=O) groups excluding carboxylic acids is 2. The molecule has 0 bridgehead atoms. The Morgan fingerprint density at radius 2 is 1.63 bits per heavy atom. The van der Waals surface area contributed by atoms with Crippen LogP contribution in [0.25, 0.3) is 11.1 Å². The first-order valence-corrected chi connectivity index (χ1v) is 12.6. The molecule has 0 saturated heterocycles. The maximum Gasteiger partial charge on any atom is 0.407 e. The van der Waals surface area contributed by atoms with Gasteiger partial charge in [0, 0.05) is 18.4 Å². The number of amides is 2. The third-order valence-electron chi connectivity index (χ3n) is 6.90. The number of carbonyl (C=O) groups is 3. The Morgan fingerprint density at radius 3 is 2.20 bits per heavy atom. The van der Waals surface area contributed by atoms with Gasteiger partial charge < -0.3 is 20.5 Å². The quantitative estimate of drug-likeness (QED) is 0.405. The molecule has 2 atom stereocenters. The summed E-state index contributed by atoms with van der Waals surface area (Å²) >= 11 is 0. The number of aliphatic carboxylic acids is 1. The van der Waals surface area contributed by atoms with Crippen molar-refractivity contribution < 1.29 is 24.2 Å². The van der Waals surface area contributed by atoms with Crippen molar-refractivity contribution in [3.63, 3.8) is 0 Å². The van der Waals surface area contributed by atoms with Crippen LogP contribution >= 0.6 is 0 Å². The summed E-state index contributed by atoms with van der Waals surface area (Å²) in [7, 11) is 0. The van der Waals surface area contributed by atoms with E-state index in [1.54, 1.807) is 0 Å². The molecule has 0 spiro atoms. The van der Waals surface area contributed by atoms with Crippen molar-refractivity contribution in [2.45, 2.75) is 69.9 Å². The van der Waals surface area contributed by atoms with E-state index in [9.17, 15) is 19.5 Å².